The lowest BCUT2D eigenvalue weighted by molar-refractivity contribution is 0.0687. The molecule has 2 aromatic heterocycles. The van der Waals surface area contributed by atoms with E-state index in [9.17, 15) is 4.79 Å². The van der Waals surface area contributed by atoms with E-state index in [4.69, 9.17) is 5.11 Å². The maximum atomic E-state index is 10.9. The fraction of sp³-hybridized carbons (Fsp3) is 0.222. The van der Waals surface area contributed by atoms with Crippen molar-refractivity contribution >= 4 is 43.5 Å². The molecule has 0 unspecified atom stereocenters. The van der Waals surface area contributed by atoms with E-state index >= 15 is 0 Å². The van der Waals surface area contributed by atoms with Gasteiger partial charge in [-0.15, -0.1) is 11.3 Å². The molecule has 0 saturated heterocycles. The summed E-state index contributed by atoms with van der Waals surface area (Å²) < 4.78 is 3.79. The molecule has 14 heavy (non-hydrogen) atoms. The van der Waals surface area contributed by atoms with Gasteiger partial charge in [-0.3, -0.25) is 0 Å². The average Bonchev–Trinajstić information content (AvgIpc) is 2.54. The molecule has 0 amide bonds. The molecule has 0 radical (unpaired) electrons. The van der Waals surface area contributed by atoms with Gasteiger partial charge in [-0.1, -0.05) is 0 Å². The lowest BCUT2D eigenvalue weighted by Gasteiger charge is -1.99. The van der Waals surface area contributed by atoms with Crippen LogP contribution < -0.4 is 0 Å². The van der Waals surface area contributed by atoms with Gasteiger partial charge in [0.15, 0.2) is 0 Å². The first kappa shape index (κ1) is 9.73. The molecule has 0 aliphatic heterocycles. The highest BCUT2D eigenvalue weighted by Gasteiger charge is 2.16. The Balaban J connectivity index is 2.84. The first-order valence-corrected chi connectivity index (χ1v) is 5.61. The minimum absolute atomic E-state index is 0.335. The predicted molar refractivity (Wildman–Crippen MR) is 60.2 cm³/mol. The van der Waals surface area contributed by atoms with Crippen molar-refractivity contribution in [3.8, 4) is 0 Å². The third-order valence-electron chi connectivity index (χ3n) is 2.27. The molecule has 3 nitrogen and oxygen atoms in total. The number of thiophene rings is 1. The molecule has 0 saturated carbocycles. The Bertz CT molecular complexity index is 526. The lowest BCUT2D eigenvalue weighted by atomic mass is 10.3. The largest absolute Gasteiger partial charge is 0.477 e. The summed E-state index contributed by atoms with van der Waals surface area (Å²) in [6.45, 7) is 1.98. The van der Waals surface area contributed by atoms with Crippen LogP contribution in [0.25, 0.3) is 10.2 Å². The van der Waals surface area contributed by atoms with Crippen molar-refractivity contribution in [1.82, 2.24) is 4.57 Å². The molecule has 1 N–H and O–H groups in total. The molecule has 0 aliphatic carbocycles. The van der Waals surface area contributed by atoms with Crippen molar-refractivity contribution in [2.24, 2.45) is 7.05 Å². The van der Waals surface area contributed by atoms with Crippen LogP contribution in [0.4, 0.5) is 0 Å². The highest BCUT2D eigenvalue weighted by molar-refractivity contribution is 9.11. The summed E-state index contributed by atoms with van der Waals surface area (Å²) in [6, 6.07) is 1.71. The van der Waals surface area contributed by atoms with E-state index in [2.05, 4.69) is 15.9 Å². The molecule has 2 heterocycles. The van der Waals surface area contributed by atoms with Crippen LogP contribution in [0.15, 0.2) is 9.85 Å². The zero-order valence-corrected chi connectivity index (χ0v) is 10.1. The number of aryl methyl sites for hydroxylation is 2. The molecule has 0 atom stereocenters. The van der Waals surface area contributed by atoms with Crippen LogP contribution in [-0.2, 0) is 7.05 Å². The van der Waals surface area contributed by atoms with Crippen LogP contribution in [0.1, 0.15) is 16.1 Å². The van der Waals surface area contributed by atoms with E-state index < -0.39 is 5.97 Å². The minimum atomic E-state index is -0.883. The van der Waals surface area contributed by atoms with E-state index in [1.165, 1.54) is 0 Å². The molecule has 0 fully saturated rings. The molecule has 0 aromatic carbocycles. The standard InChI is InChI=1S/C9H8BrNO2S/c1-4-7-6(14-8(4)10)3-5(9(12)13)11(7)2/h3H,1-2H3,(H,12,13). The van der Waals surface area contributed by atoms with Crippen molar-refractivity contribution in [2.75, 3.05) is 0 Å². The Morgan fingerprint density at radius 2 is 2.29 bits per heavy atom. The van der Waals surface area contributed by atoms with Gasteiger partial charge < -0.3 is 9.67 Å². The summed E-state index contributed by atoms with van der Waals surface area (Å²) in [4.78, 5) is 10.9. The number of aromatic carboxylic acids is 1. The number of aromatic nitrogens is 1. The van der Waals surface area contributed by atoms with Gasteiger partial charge in [-0.2, -0.15) is 0 Å². The number of carbonyl (C=O) groups is 1. The smallest absolute Gasteiger partial charge is 0.352 e. The second-order valence-electron chi connectivity index (χ2n) is 3.11. The number of carboxylic acid groups (broad SMARTS) is 1. The van der Waals surface area contributed by atoms with Crippen LogP contribution in [0.2, 0.25) is 0 Å². The lowest BCUT2D eigenvalue weighted by Crippen LogP contribution is -2.03. The Labute approximate surface area is 93.1 Å². The molecule has 2 aromatic rings. The summed E-state index contributed by atoms with van der Waals surface area (Å²) in [5.41, 5.74) is 2.43. The highest BCUT2D eigenvalue weighted by atomic mass is 79.9. The molecule has 0 aliphatic rings. The third kappa shape index (κ3) is 1.19. The molecular formula is C9H8BrNO2S. The zero-order chi connectivity index (χ0) is 10.5. The van der Waals surface area contributed by atoms with Gasteiger partial charge in [0.25, 0.3) is 0 Å². The van der Waals surface area contributed by atoms with Crippen LogP contribution in [-0.4, -0.2) is 15.6 Å². The monoisotopic (exact) mass is 273 g/mol. The summed E-state index contributed by atoms with van der Waals surface area (Å²) >= 11 is 5.00. The Morgan fingerprint density at radius 1 is 1.64 bits per heavy atom. The van der Waals surface area contributed by atoms with Gasteiger partial charge >= 0.3 is 5.97 Å². The Kier molecular flexibility index (Phi) is 2.16. The van der Waals surface area contributed by atoms with Crippen LogP contribution in [0.3, 0.4) is 0 Å². The van der Waals surface area contributed by atoms with E-state index in [-0.39, 0.29) is 0 Å². The number of nitrogens with zero attached hydrogens (tertiary/aromatic N) is 1. The normalized spacial score (nSPS) is 11.1. The van der Waals surface area contributed by atoms with Crippen LogP contribution in [0.5, 0.6) is 0 Å². The average molecular weight is 274 g/mol. The van der Waals surface area contributed by atoms with Gasteiger partial charge in [-0.05, 0) is 34.5 Å². The van der Waals surface area contributed by atoms with Crippen molar-refractivity contribution in [2.45, 2.75) is 6.92 Å². The second kappa shape index (κ2) is 3.10. The number of halogens is 1. The van der Waals surface area contributed by atoms with Gasteiger partial charge in [0.05, 0.1) is 14.0 Å². The van der Waals surface area contributed by atoms with Crippen molar-refractivity contribution < 1.29 is 9.90 Å². The highest BCUT2D eigenvalue weighted by Crippen LogP contribution is 2.36. The number of fused-ring (bicyclic) bond motifs is 1. The number of hydrogen-bond acceptors (Lipinski definition) is 2. The Hall–Kier alpha value is -0.810. The molecule has 0 bridgehead atoms. The van der Waals surface area contributed by atoms with Crippen molar-refractivity contribution in [1.29, 1.82) is 0 Å². The zero-order valence-electron chi connectivity index (χ0n) is 7.67. The first-order valence-electron chi connectivity index (χ1n) is 4.00. The SMILES string of the molecule is Cc1c(Br)sc2cc(C(=O)O)n(C)c12. The van der Waals surface area contributed by atoms with Gasteiger partial charge in [0.1, 0.15) is 5.69 Å². The number of rotatable bonds is 1. The number of hydrogen-bond donors (Lipinski definition) is 1. The molecule has 74 valence electrons. The van der Waals surface area contributed by atoms with Gasteiger partial charge in [0.2, 0.25) is 0 Å². The summed E-state index contributed by atoms with van der Waals surface area (Å²) in [5.74, 6) is -0.883. The van der Waals surface area contributed by atoms with E-state index in [1.54, 1.807) is 29.0 Å². The van der Waals surface area contributed by atoms with Crippen molar-refractivity contribution in [3.63, 3.8) is 0 Å². The summed E-state index contributed by atoms with van der Waals surface area (Å²) in [6.07, 6.45) is 0. The summed E-state index contributed by atoms with van der Waals surface area (Å²) in [5, 5.41) is 8.92. The van der Waals surface area contributed by atoms with Gasteiger partial charge in [-0.25, -0.2) is 4.79 Å². The topological polar surface area (TPSA) is 42.2 Å². The quantitative estimate of drug-likeness (QED) is 0.868. The van der Waals surface area contributed by atoms with E-state index in [0.29, 0.717) is 5.69 Å². The molecular weight excluding hydrogens is 266 g/mol. The molecule has 5 heteroatoms. The van der Waals surface area contributed by atoms with Crippen molar-refractivity contribution in [3.05, 3.63) is 21.1 Å². The summed E-state index contributed by atoms with van der Waals surface area (Å²) in [7, 11) is 1.78. The minimum Gasteiger partial charge on any atom is -0.477 e. The third-order valence-corrected chi connectivity index (χ3v) is 4.36. The van der Waals surface area contributed by atoms with E-state index in [0.717, 1.165) is 19.6 Å². The predicted octanol–water partition coefficient (Wildman–Crippen LogP) is 3.01. The fourth-order valence-corrected chi connectivity index (χ4v) is 3.27. The van der Waals surface area contributed by atoms with Crippen LogP contribution in [0, 0.1) is 6.92 Å². The van der Waals surface area contributed by atoms with Gasteiger partial charge in [0, 0.05) is 7.05 Å². The fourth-order valence-electron chi connectivity index (χ4n) is 1.56. The Morgan fingerprint density at radius 3 is 2.79 bits per heavy atom. The molecule has 0 spiro atoms. The number of carboxylic acids is 1. The molecule has 2 rings (SSSR count). The van der Waals surface area contributed by atoms with E-state index in [1.807, 2.05) is 6.92 Å². The maximum absolute atomic E-state index is 10.9. The van der Waals surface area contributed by atoms with Crippen LogP contribution >= 0.6 is 27.3 Å². The second-order valence-corrected chi connectivity index (χ2v) is 5.48. The maximum Gasteiger partial charge on any atom is 0.352 e. The first-order chi connectivity index (χ1) is 6.52.